The van der Waals surface area contributed by atoms with Gasteiger partial charge in [-0.25, -0.2) is 4.98 Å². The molecule has 0 aliphatic rings. The van der Waals surface area contributed by atoms with Crippen molar-refractivity contribution in [2.24, 2.45) is 0 Å². The molecule has 2 aromatic carbocycles. The standard InChI is InChI=1S/C18H10Cl4N2OS/c19-12-2-1-3-13(20)11(12)5-7-17(25)24-18-23-16(9-26-18)10-4-6-14(21)15(22)8-10/h1-9H,(H,23,24,25). The molecule has 0 atom stereocenters. The summed E-state index contributed by atoms with van der Waals surface area (Å²) >= 11 is 25.4. The minimum atomic E-state index is -0.337. The van der Waals surface area contributed by atoms with E-state index in [1.165, 1.54) is 17.4 Å². The summed E-state index contributed by atoms with van der Waals surface area (Å²) in [6.07, 6.45) is 2.92. The zero-order chi connectivity index (χ0) is 18.7. The Bertz CT molecular complexity index is 980. The lowest BCUT2D eigenvalue weighted by Crippen LogP contribution is -2.07. The molecule has 0 aliphatic carbocycles. The summed E-state index contributed by atoms with van der Waals surface area (Å²) in [6.45, 7) is 0. The van der Waals surface area contributed by atoms with Gasteiger partial charge in [-0.05, 0) is 30.3 Å². The van der Waals surface area contributed by atoms with Crippen molar-refractivity contribution in [3.05, 3.63) is 73.5 Å². The highest BCUT2D eigenvalue weighted by Gasteiger charge is 2.09. The Morgan fingerprint density at radius 3 is 2.42 bits per heavy atom. The van der Waals surface area contributed by atoms with Crippen LogP contribution in [0.3, 0.4) is 0 Å². The second-order valence-corrected chi connectivity index (χ2v) is 7.61. The van der Waals surface area contributed by atoms with Crippen LogP contribution < -0.4 is 5.32 Å². The van der Waals surface area contributed by atoms with E-state index in [0.29, 0.717) is 36.5 Å². The first kappa shape index (κ1) is 19.2. The van der Waals surface area contributed by atoms with Crippen molar-refractivity contribution < 1.29 is 4.79 Å². The molecule has 1 heterocycles. The largest absolute Gasteiger partial charge is 0.298 e. The van der Waals surface area contributed by atoms with E-state index in [2.05, 4.69) is 10.3 Å². The van der Waals surface area contributed by atoms with Crippen LogP contribution in [0, 0.1) is 0 Å². The van der Waals surface area contributed by atoms with E-state index in [9.17, 15) is 4.79 Å². The number of rotatable bonds is 4. The predicted molar refractivity (Wildman–Crippen MR) is 112 cm³/mol. The maximum absolute atomic E-state index is 12.1. The normalized spacial score (nSPS) is 11.1. The molecule has 3 nitrogen and oxygen atoms in total. The molecular weight excluding hydrogens is 434 g/mol. The van der Waals surface area contributed by atoms with Crippen molar-refractivity contribution in [2.45, 2.75) is 0 Å². The second-order valence-electron chi connectivity index (χ2n) is 5.12. The van der Waals surface area contributed by atoms with Crippen molar-refractivity contribution in [3.8, 4) is 11.3 Å². The molecule has 0 radical (unpaired) electrons. The number of hydrogen-bond acceptors (Lipinski definition) is 3. The van der Waals surface area contributed by atoms with Crippen LogP contribution in [0.1, 0.15) is 5.56 Å². The van der Waals surface area contributed by atoms with Crippen molar-refractivity contribution >= 4 is 74.9 Å². The molecule has 0 aliphatic heterocycles. The molecule has 0 bridgehead atoms. The number of nitrogens with one attached hydrogen (secondary N) is 1. The van der Waals surface area contributed by atoms with Crippen LogP contribution in [0.15, 0.2) is 47.9 Å². The maximum atomic E-state index is 12.1. The molecule has 3 rings (SSSR count). The topological polar surface area (TPSA) is 42.0 Å². The fourth-order valence-electron chi connectivity index (χ4n) is 2.10. The van der Waals surface area contributed by atoms with Gasteiger partial charge in [-0.1, -0.05) is 58.5 Å². The Morgan fingerprint density at radius 1 is 1.00 bits per heavy atom. The summed E-state index contributed by atoms with van der Waals surface area (Å²) in [5.74, 6) is -0.337. The number of aromatic nitrogens is 1. The number of thiazole rings is 1. The number of nitrogens with zero attached hydrogens (tertiary/aromatic N) is 1. The zero-order valence-electron chi connectivity index (χ0n) is 13.0. The lowest BCUT2D eigenvalue weighted by molar-refractivity contribution is -0.111. The molecular formula is C18H10Cl4N2OS. The van der Waals surface area contributed by atoms with Gasteiger partial charge in [-0.2, -0.15) is 0 Å². The van der Waals surface area contributed by atoms with Crippen LogP contribution in [-0.2, 0) is 4.79 Å². The summed E-state index contributed by atoms with van der Waals surface area (Å²) in [4.78, 5) is 16.5. The summed E-state index contributed by atoms with van der Waals surface area (Å²) in [6, 6.07) is 10.4. The first-order valence-corrected chi connectivity index (χ1v) is 9.67. The van der Waals surface area contributed by atoms with Gasteiger partial charge >= 0.3 is 0 Å². The van der Waals surface area contributed by atoms with Gasteiger partial charge in [0.1, 0.15) is 0 Å². The Labute approximate surface area is 174 Å². The third-order valence-electron chi connectivity index (χ3n) is 3.35. The number of benzene rings is 2. The molecule has 26 heavy (non-hydrogen) atoms. The Balaban J connectivity index is 1.71. The van der Waals surface area contributed by atoms with Crippen molar-refractivity contribution in [3.63, 3.8) is 0 Å². The van der Waals surface area contributed by atoms with Crippen LogP contribution >= 0.6 is 57.7 Å². The van der Waals surface area contributed by atoms with Crippen LogP contribution in [0.2, 0.25) is 20.1 Å². The second kappa shape index (κ2) is 8.42. The molecule has 3 aromatic rings. The van der Waals surface area contributed by atoms with E-state index in [1.54, 1.807) is 36.4 Å². The van der Waals surface area contributed by atoms with Gasteiger partial charge < -0.3 is 0 Å². The molecule has 132 valence electrons. The van der Waals surface area contributed by atoms with Gasteiger partial charge in [-0.3, -0.25) is 10.1 Å². The molecule has 1 amide bonds. The SMILES string of the molecule is O=C(C=Cc1c(Cl)cccc1Cl)Nc1nc(-c2ccc(Cl)c(Cl)c2)cs1. The van der Waals surface area contributed by atoms with Crippen LogP contribution in [-0.4, -0.2) is 10.9 Å². The van der Waals surface area contributed by atoms with Gasteiger partial charge in [0.05, 0.1) is 15.7 Å². The third kappa shape index (κ3) is 4.58. The van der Waals surface area contributed by atoms with Crippen LogP contribution in [0.5, 0.6) is 0 Å². The molecule has 0 fully saturated rings. The highest BCUT2D eigenvalue weighted by molar-refractivity contribution is 7.14. The number of anilines is 1. The van der Waals surface area contributed by atoms with E-state index < -0.39 is 0 Å². The first-order valence-electron chi connectivity index (χ1n) is 7.28. The number of carbonyl (C=O) groups excluding carboxylic acids is 1. The minimum Gasteiger partial charge on any atom is -0.298 e. The summed E-state index contributed by atoms with van der Waals surface area (Å²) in [5, 5.41) is 6.85. The molecule has 1 N–H and O–H groups in total. The zero-order valence-corrected chi connectivity index (χ0v) is 16.8. The third-order valence-corrected chi connectivity index (χ3v) is 5.51. The van der Waals surface area contributed by atoms with E-state index in [1.807, 2.05) is 11.4 Å². The summed E-state index contributed by atoms with van der Waals surface area (Å²) in [7, 11) is 0. The highest BCUT2D eigenvalue weighted by Crippen LogP contribution is 2.30. The lowest BCUT2D eigenvalue weighted by Gasteiger charge is -2.01. The summed E-state index contributed by atoms with van der Waals surface area (Å²) < 4.78 is 0. The maximum Gasteiger partial charge on any atom is 0.250 e. The Hall–Kier alpha value is -1.56. The average molecular weight is 444 g/mol. The van der Waals surface area contributed by atoms with Gasteiger partial charge in [0, 0.05) is 32.6 Å². The van der Waals surface area contributed by atoms with Crippen molar-refractivity contribution in [1.82, 2.24) is 4.98 Å². The fraction of sp³-hybridized carbons (Fsp3) is 0. The van der Waals surface area contributed by atoms with Gasteiger partial charge in [0.25, 0.3) is 0 Å². The van der Waals surface area contributed by atoms with E-state index in [0.717, 1.165) is 5.56 Å². The van der Waals surface area contributed by atoms with Crippen LogP contribution in [0.4, 0.5) is 5.13 Å². The fourth-order valence-corrected chi connectivity index (χ4v) is 3.64. The van der Waals surface area contributed by atoms with Crippen molar-refractivity contribution in [1.29, 1.82) is 0 Å². The average Bonchev–Trinajstić information content (AvgIpc) is 3.05. The first-order chi connectivity index (χ1) is 12.4. The van der Waals surface area contributed by atoms with Gasteiger partial charge in [0.2, 0.25) is 5.91 Å². The lowest BCUT2D eigenvalue weighted by atomic mass is 10.2. The van der Waals surface area contributed by atoms with Crippen LogP contribution in [0.25, 0.3) is 17.3 Å². The minimum absolute atomic E-state index is 0.337. The molecule has 1 aromatic heterocycles. The number of hydrogen-bond donors (Lipinski definition) is 1. The quantitative estimate of drug-likeness (QED) is 0.437. The molecule has 0 spiro atoms. The molecule has 0 saturated heterocycles. The number of amides is 1. The van der Waals surface area contributed by atoms with Gasteiger partial charge in [-0.15, -0.1) is 11.3 Å². The number of carbonyl (C=O) groups is 1. The highest BCUT2D eigenvalue weighted by atomic mass is 35.5. The smallest absolute Gasteiger partial charge is 0.250 e. The van der Waals surface area contributed by atoms with Crippen molar-refractivity contribution in [2.75, 3.05) is 5.32 Å². The molecule has 8 heteroatoms. The Morgan fingerprint density at radius 2 is 1.73 bits per heavy atom. The predicted octanol–water partition coefficient (Wildman–Crippen LogP) is 7.08. The van der Waals surface area contributed by atoms with E-state index >= 15 is 0 Å². The van der Waals surface area contributed by atoms with Gasteiger partial charge in [0.15, 0.2) is 5.13 Å². The summed E-state index contributed by atoms with van der Waals surface area (Å²) in [5.41, 5.74) is 2.10. The van der Waals surface area contributed by atoms with E-state index in [4.69, 9.17) is 46.4 Å². The monoisotopic (exact) mass is 442 g/mol. The van der Waals surface area contributed by atoms with E-state index in [-0.39, 0.29) is 5.91 Å². The molecule has 0 saturated carbocycles. The molecule has 0 unspecified atom stereocenters. The number of halogens is 4. The Kier molecular flexibility index (Phi) is 6.22.